The summed E-state index contributed by atoms with van der Waals surface area (Å²) in [5.41, 5.74) is 6.44. The van der Waals surface area contributed by atoms with Gasteiger partial charge in [0.1, 0.15) is 16.7 Å². The number of imide groups is 1. The van der Waals surface area contributed by atoms with Crippen LogP contribution < -0.4 is 20.9 Å². The van der Waals surface area contributed by atoms with Gasteiger partial charge in [-0.15, -0.1) is 10.2 Å². The number of piperazine rings is 1. The number of fused-ring (bicyclic) bond motifs is 2. The van der Waals surface area contributed by atoms with E-state index in [0.717, 1.165) is 116 Å². The summed E-state index contributed by atoms with van der Waals surface area (Å²) in [5.74, 6) is -0.464. The first-order valence-corrected chi connectivity index (χ1v) is 21.6. The molecule has 59 heavy (non-hydrogen) atoms. The maximum absolute atomic E-state index is 13.1. The number of carbonyl (C=O) groups is 4. The number of carbonyl (C=O) groups excluding carboxylic acids is 4. The van der Waals surface area contributed by atoms with Crippen molar-refractivity contribution in [3.8, 4) is 10.7 Å². The second-order valence-electron chi connectivity index (χ2n) is 15.9. The molecular formula is C42H48N12O4S. The van der Waals surface area contributed by atoms with Gasteiger partial charge in [-0.05, 0) is 74.5 Å². The zero-order chi connectivity index (χ0) is 40.3. The molecule has 306 valence electrons. The van der Waals surface area contributed by atoms with E-state index in [4.69, 9.17) is 0 Å². The number of aromatic nitrogens is 6. The molecule has 7 heterocycles. The van der Waals surface area contributed by atoms with E-state index in [2.05, 4.69) is 57.1 Å². The normalized spacial score (nSPS) is 18.8. The molecular weight excluding hydrogens is 769 g/mol. The monoisotopic (exact) mass is 816 g/mol. The smallest absolute Gasteiger partial charge is 0.323 e. The van der Waals surface area contributed by atoms with Crippen LogP contribution in [0.25, 0.3) is 16.3 Å². The Hall–Kier alpha value is -5.81. The van der Waals surface area contributed by atoms with Gasteiger partial charge < -0.3 is 20.4 Å². The zero-order valence-corrected chi connectivity index (χ0v) is 33.8. The molecule has 5 aromatic rings. The van der Waals surface area contributed by atoms with E-state index in [-0.39, 0.29) is 30.2 Å². The fraction of sp³-hybridized carbons (Fsp3) is 0.452. The number of amides is 5. The number of anilines is 3. The Kier molecular flexibility index (Phi) is 11.3. The van der Waals surface area contributed by atoms with Crippen molar-refractivity contribution < 1.29 is 19.2 Å². The first kappa shape index (κ1) is 38.7. The van der Waals surface area contributed by atoms with Gasteiger partial charge in [0, 0.05) is 68.8 Å². The van der Waals surface area contributed by atoms with Gasteiger partial charge in [0.2, 0.25) is 11.8 Å². The molecule has 1 aliphatic carbocycles. The molecule has 1 atom stereocenters. The lowest BCUT2D eigenvalue weighted by Gasteiger charge is -2.36. The minimum absolute atomic E-state index is 0.136. The summed E-state index contributed by atoms with van der Waals surface area (Å²) in [6.45, 7) is 5.31. The van der Waals surface area contributed by atoms with E-state index in [9.17, 15) is 19.2 Å². The minimum atomic E-state index is -0.596. The Morgan fingerprint density at radius 1 is 0.881 bits per heavy atom. The fourth-order valence-corrected chi connectivity index (χ4v) is 9.73. The summed E-state index contributed by atoms with van der Waals surface area (Å²) in [7, 11) is 0. The Morgan fingerprint density at radius 3 is 2.54 bits per heavy atom. The standard InChI is InChI=1S/C42H48N12O4S/c55-36-15-14-34(39(56)48-36)53-26-28-23-30(11-12-31(28)41(53)57)52-21-19-51(20-22-52)18-6-2-1-3-9-37-49-50-40(59-37)32-13-10-29(24-43-32)46-42(58)47-33-25-44-35-16-17-45-54(35)38(33)27-7-4-5-8-27/h10-13,16-17,23-25,27,34H,1-9,14-15,18-22,26H2,(H2,46,47,58)(H,48,55,56). The van der Waals surface area contributed by atoms with E-state index < -0.39 is 6.04 Å². The van der Waals surface area contributed by atoms with Crippen LogP contribution in [0.15, 0.2) is 55.0 Å². The molecule has 5 amide bonds. The average molecular weight is 817 g/mol. The summed E-state index contributed by atoms with van der Waals surface area (Å²) in [4.78, 5) is 65.7. The Labute approximate surface area is 345 Å². The maximum Gasteiger partial charge on any atom is 0.323 e. The van der Waals surface area contributed by atoms with Gasteiger partial charge >= 0.3 is 6.03 Å². The average Bonchev–Trinajstić information content (AvgIpc) is 4.08. The molecule has 4 aliphatic rings. The topological polar surface area (TPSA) is 183 Å². The van der Waals surface area contributed by atoms with Gasteiger partial charge in [-0.3, -0.25) is 29.6 Å². The molecule has 3 N–H and O–H groups in total. The summed E-state index contributed by atoms with van der Waals surface area (Å²) in [5, 5.41) is 23.3. The lowest BCUT2D eigenvalue weighted by molar-refractivity contribution is -0.136. The molecule has 1 saturated carbocycles. The van der Waals surface area contributed by atoms with Crippen molar-refractivity contribution in [3.05, 3.63) is 76.8 Å². The van der Waals surface area contributed by atoms with E-state index in [0.29, 0.717) is 35.8 Å². The molecule has 16 nitrogen and oxygen atoms in total. The predicted octanol–water partition coefficient (Wildman–Crippen LogP) is 5.63. The first-order chi connectivity index (χ1) is 28.9. The number of aryl methyl sites for hydroxylation is 1. The molecule has 17 heteroatoms. The third-order valence-electron chi connectivity index (χ3n) is 12.0. The Bertz CT molecular complexity index is 2350. The van der Waals surface area contributed by atoms with Gasteiger partial charge in [0.05, 0.1) is 35.7 Å². The quantitative estimate of drug-likeness (QED) is 0.0990. The molecule has 0 spiro atoms. The van der Waals surface area contributed by atoms with Crippen LogP contribution in [0, 0.1) is 0 Å². The van der Waals surface area contributed by atoms with Gasteiger partial charge in [-0.2, -0.15) is 5.10 Å². The number of hydrogen-bond acceptors (Lipinski definition) is 12. The fourth-order valence-electron chi connectivity index (χ4n) is 8.87. The molecule has 2 saturated heterocycles. The predicted molar refractivity (Wildman–Crippen MR) is 223 cm³/mol. The van der Waals surface area contributed by atoms with Crippen molar-refractivity contribution in [2.75, 3.05) is 48.3 Å². The first-order valence-electron chi connectivity index (χ1n) is 20.8. The van der Waals surface area contributed by atoms with E-state index in [1.54, 1.807) is 34.8 Å². The number of unbranched alkanes of at least 4 members (excludes halogenated alkanes) is 3. The molecule has 3 aliphatic heterocycles. The van der Waals surface area contributed by atoms with E-state index in [1.165, 1.54) is 12.8 Å². The third-order valence-corrected chi connectivity index (χ3v) is 13.0. The lowest BCUT2D eigenvalue weighted by atomic mass is 10.0. The molecule has 3 fully saturated rings. The number of rotatable bonds is 13. The lowest BCUT2D eigenvalue weighted by Crippen LogP contribution is -2.52. The number of pyridine rings is 1. The van der Waals surface area contributed by atoms with Crippen LogP contribution in [0.4, 0.5) is 21.9 Å². The number of nitrogens with zero attached hydrogens (tertiary/aromatic N) is 9. The third kappa shape index (κ3) is 8.52. The Morgan fingerprint density at radius 2 is 1.73 bits per heavy atom. The van der Waals surface area contributed by atoms with Crippen LogP contribution in [-0.4, -0.2) is 102 Å². The highest BCUT2D eigenvalue weighted by molar-refractivity contribution is 7.14. The van der Waals surface area contributed by atoms with Gasteiger partial charge in [-0.1, -0.05) is 37.0 Å². The van der Waals surface area contributed by atoms with Crippen LogP contribution in [0.5, 0.6) is 0 Å². The molecule has 0 bridgehead atoms. The number of urea groups is 1. The van der Waals surface area contributed by atoms with Crippen molar-refractivity contribution in [2.24, 2.45) is 0 Å². The van der Waals surface area contributed by atoms with Crippen LogP contribution in [0.2, 0.25) is 0 Å². The van der Waals surface area contributed by atoms with E-state index in [1.807, 2.05) is 34.8 Å². The van der Waals surface area contributed by atoms with E-state index >= 15 is 0 Å². The highest BCUT2D eigenvalue weighted by Crippen LogP contribution is 2.38. The van der Waals surface area contributed by atoms with Crippen LogP contribution in [0.3, 0.4) is 0 Å². The minimum Gasteiger partial charge on any atom is -0.369 e. The summed E-state index contributed by atoms with van der Waals surface area (Å²) in [6.07, 6.45) is 15.6. The summed E-state index contributed by atoms with van der Waals surface area (Å²) >= 11 is 1.56. The summed E-state index contributed by atoms with van der Waals surface area (Å²) < 4.78 is 1.84. The van der Waals surface area contributed by atoms with Gasteiger partial charge in [0.15, 0.2) is 10.7 Å². The van der Waals surface area contributed by atoms with Gasteiger partial charge in [0.25, 0.3) is 5.91 Å². The molecule has 0 radical (unpaired) electrons. The molecule has 1 unspecified atom stereocenters. The number of nitrogens with one attached hydrogen (secondary N) is 3. The maximum atomic E-state index is 13.1. The van der Waals surface area contributed by atoms with Crippen molar-refractivity contribution in [1.82, 2.24) is 44.9 Å². The Balaban J connectivity index is 0.676. The van der Waals surface area contributed by atoms with Crippen molar-refractivity contribution in [3.63, 3.8) is 0 Å². The zero-order valence-electron chi connectivity index (χ0n) is 32.9. The second kappa shape index (κ2) is 17.2. The second-order valence-corrected chi connectivity index (χ2v) is 16.9. The molecule has 1 aromatic carbocycles. The highest BCUT2D eigenvalue weighted by atomic mass is 32.1. The molecule has 4 aromatic heterocycles. The summed E-state index contributed by atoms with van der Waals surface area (Å²) in [6, 6.07) is 10.6. The largest absolute Gasteiger partial charge is 0.369 e. The van der Waals surface area contributed by atoms with Crippen molar-refractivity contribution >= 4 is 57.8 Å². The van der Waals surface area contributed by atoms with Crippen LogP contribution >= 0.6 is 11.3 Å². The number of piperidine rings is 1. The van der Waals surface area contributed by atoms with Crippen molar-refractivity contribution in [2.45, 2.75) is 89.1 Å². The molecule has 9 rings (SSSR count). The van der Waals surface area contributed by atoms with Gasteiger partial charge in [-0.25, -0.2) is 14.3 Å². The number of hydrogen-bond donors (Lipinski definition) is 3. The SMILES string of the molecule is O=C1CCC(N2Cc3cc(N4CCN(CCCCCCc5nnc(-c6ccc(NC(=O)Nc7cnc8ccnn8c7C7CCCC7)cn6)s5)CC4)ccc3C2=O)C(=O)N1. The number of benzene rings is 1. The van der Waals surface area contributed by atoms with Crippen molar-refractivity contribution in [1.29, 1.82) is 0 Å². The van der Waals surface area contributed by atoms with Crippen LogP contribution in [0.1, 0.15) is 96.7 Å². The van der Waals surface area contributed by atoms with Crippen LogP contribution in [-0.2, 0) is 22.6 Å². The highest BCUT2D eigenvalue weighted by Gasteiger charge is 2.39.